The van der Waals surface area contributed by atoms with E-state index in [9.17, 15) is 0 Å². The monoisotopic (exact) mass is 369 g/mol. The van der Waals surface area contributed by atoms with Crippen LogP contribution in [-0.2, 0) is 0 Å². The van der Waals surface area contributed by atoms with Crippen LogP contribution < -0.4 is 0 Å². The Bertz CT molecular complexity index is 1240. The standard InChI is InChI=1S/C21H15N5S/c1-13-5-4-8-16(23-13)18-9-10-19(27-18)21-15-7-3-2-6-14(15)20(25-26-21)17-11-12-22-24-17/h2-12H,1H3,(H,22,24). The first kappa shape index (κ1) is 15.8. The molecule has 0 fully saturated rings. The van der Waals surface area contributed by atoms with Crippen molar-refractivity contribution in [3.8, 4) is 32.5 Å². The molecule has 5 aromatic rings. The lowest BCUT2D eigenvalue weighted by Gasteiger charge is -2.07. The second-order valence-electron chi connectivity index (χ2n) is 6.24. The first-order chi connectivity index (χ1) is 13.3. The highest BCUT2D eigenvalue weighted by Crippen LogP contribution is 2.37. The molecule has 0 radical (unpaired) electrons. The van der Waals surface area contributed by atoms with E-state index in [0.717, 1.165) is 49.0 Å². The molecule has 27 heavy (non-hydrogen) atoms. The summed E-state index contributed by atoms with van der Waals surface area (Å²) >= 11 is 1.68. The van der Waals surface area contributed by atoms with Gasteiger partial charge in [0.2, 0.25) is 0 Å². The van der Waals surface area contributed by atoms with Crippen molar-refractivity contribution in [1.29, 1.82) is 0 Å². The van der Waals surface area contributed by atoms with Gasteiger partial charge in [0.15, 0.2) is 0 Å². The number of aromatic nitrogens is 5. The second-order valence-corrected chi connectivity index (χ2v) is 7.32. The van der Waals surface area contributed by atoms with Crippen LogP contribution >= 0.6 is 11.3 Å². The number of rotatable bonds is 3. The number of H-pyrrole nitrogens is 1. The van der Waals surface area contributed by atoms with E-state index in [1.807, 2.05) is 43.3 Å². The molecule has 0 aliphatic carbocycles. The number of fused-ring (bicyclic) bond motifs is 1. The maximum Gasteiger partial charge on any atom is 0.119 e. The molecule has 5 rings (SSSR count). The predicted octanol–water partition coefficient (Wildman–Crippen LogP) is 5.12. The minimum atomic E-state index is 0.809. The zero-order valence-corrected chi connectivity index (χ0v) is 15.4. The zero-order valence-electron chi connectivity index (χ0n) is 14.5. The van der Waals surface area contributed by atoms with E-state index in [-0.39, 0.29) is 0 Å². The van der Waals surface area contributed by atoms with E-state index in [1.165, 1.54) is 0 Å². The van der Waals surface area contributed by atoms with Gasteiger partial charge in [0.1, 0.15) is 11.4 Å². The lowest BCUT2D eigenvalue weighted by molar-refractivity contribution is 1.04. The summed E-state index contributed by atoms with van der Waals surface area (Å²) in [5, 5.41) is 18.2. The normalized spacial score (nSPS) is 11.1. The van der Waals surface area contributed by atoms with E-state index >= 15 is 0 Å². The van der Waals surface area contributed by atoms with Gasteiger partial charge in [-0.3, -0.25) is 10.1 Å². The molecule has 0 saturated carbocycles. The molecule has 0 aliphatic rings. The number of thiophene rings is 1. The first-order valence-electron chi connectivity index (χ1n) is 8.59. The lowest BCUT2D eigenvalue weighted by Crippen LogP contribution is -1.94. The van der Waals surface area contributed by atoms with Gasteiger partial charge in [-0.2, -0.15) is 5.10 Å². The van der Waals surface area contributed by atoms with Crippen LogP contribution in [0.15, 0.2) is 66.9 Å². The number of aromatic amines is 1. The molecule has 0 aliphatic heterocycles. The van der Waals surface area contributed by atoms with Crippen molar-refractivity contribution in [3.63, 3.8) is 0 Å². The Morgan fingerprint density at radius 1 is 0.778 bits per heavy atom. The van der Waals surface area contributed by atoms with Gasteiger partial charge in [-0.25, -0.2) is 0 Å². The van der Waals surface area contributed by atoms with Crippen LogP contribution in [0.4, 0.5) is 0 Å². The summed E-state index contributed by atoms with van der Waals surface area (Å²) in [5.74, 6) is 0. The molecule has 0 spiro atoms. The molecule has 1 aromatic carbocycles. The number of hydrogen-bond donors (Lipinski definition) is 1. The number of pyridine rings is 1. The van der Waals surface area contributed by atoms with E-state index in [0.29, 0.717) is 0 Å². The van der Waals surface area contributed by atoms with Crippen LogP contribution in [0, 0.1) is 6.92 Å². The summed E-state index contributed by atoms with van der Waals surface area (Å²) < 4.78 is 0. The molecule has 1 N–H and O–H groups in total. The van der Waals surface area contributed by atoms with Crippen molar-refractivity contribution < 1.29 is 0 Å². The van der Waals surface area contributed by atoms with Crippen LogP contribution in [0.2, 0.25) is 0 Å². The molecular weight excluding hydrogens is 354 g/mol. The second kappa shape index (κ2) is 6.41. The minimum absolute atomic E-state index is 0.809. The zero-order chi connectivity index (χ0) is 18.2. The molecule has 0 amide bonds. The highest BCUT2D eigenvalue weighted by Gasteiger charge is 2.15. The largest absolute Gasteiger partial charge is 0.276 e. The molecule has 6 heteroatoms. The maximum absolute atomic E-state index is 4.62. The topological polar surface area (TPSA) is 67.3 Å². The molecular formula is C21H15N5S. The number of aryl methyl sites for hydroxylation is 1. The summed E-state index contributed by atoms with van der Waals surface area (Å²) in [6.07, 6.45) is 1.72. The van der Waals surface area contributed by atoms with E-state index < -0.39 is 0 Å². The van der Waals surface area contributed by atoms with Crippen LogP contribution in [-0.4, -0.2) is 25.4 Å². The van der Waals surface area contributed by atoms with Gasteiger partial charge < -0.3 is 0 Å². The fourth-order valence-corrected chi connectivity index (χ4v) is 4.13. The van der Waals surface area contributed by atoms with Crippen LogP contribution in [0.5, 0.6) is 0 Å². The predicted molar refractivity (Wildman–Crippen MR) is 108 cm³/mol. The molecule has 0 saturated heterocycles. The summed E-state index contributed by atoms with van der Waals surface area (Å²) in [4.78, 5) is 6.82. The highest BCUT2D eigenvalue weighted by molar-refractivity contribution is 7.18. The Morgan fingerprint density at radius 3 is 2.33 bits per heavy atom. The third-order valence-electron chi connectivity index (χ3n) is 4.42. The Balaban J connectivity index is 1.66. The molecule has 4 heterocycles. The minimum Gasteiger partial charge on any atom is -0.276 e. The maximum atomic E-state index is 4.62. The lowest BCUT2D eigenvalue weighted by atomic mass is 10.1. The summed E-state index contributed by atoms with van der Waals surface area (Å²) in [6.45, 7) is 2.01. The van der Waals surface area contributed by atoms with E-state index in [1.54, 1.807) is 17.5 Å². The van der Waals surface area contributed by atoms with Gasteiger partial charge in [0.05, 0.1) is 21.1 Å². The molecule has 0 atom stereocenters. The Hall–Kier alpha value is -3.38. The van der Waals surface area contributed by atoms with Crippen molar-refractivity contribution in [2.45, 2.75) is 6.92 Å². The van der Waals surface area contributed by atoms with Gasteiger partial charge in [-0.15, -0.1) is 21.5 Å². The molecule has 4 aromatic heterocycles. The number of nitrogens with one attached hydrogen (secondary N) is 1. The SMILES string of the molecule is Cc1cccc(-c2ccc(-c3nnc(-c4ccn[nH]4)c4ccccc34)s2)n1. The average Bonchev–Trinajstić information content (AvgIpc) is 3.39. The number of benzene rings is 1. The van der Waals surface area contributed by atoms with Crippen molar-refractivity contribution in [2.75, 3.05) is 0 Å². The third kappa shape index (κ3) is 2.80. The smallest absolute Gasteiger partial charge is 0.119 e. The van der Waals surface area contributed by atoms with Gasteiger partial charge in [0.25, 0.3) is 0 Å². The third-order valence-corrected chi connectivity index (χ3v) is 5.54. The summed E-state index contributed by atoms with van der Waals surface area (Å²) in [6, 6.07) is 20.4. The van der Waals surface area contributed by atoms with Crippen molar-refractivity contribution in [3.05, 3.63) is 72.6 Å². The van der Waals surface area contributed by atoms with Gasteiger partial charge >= 0.3 is 0 Å². The Labute approximate surface area is 159 Å². The molecule has 130 valence electrons. The highest BCUT2D eigenvalue weighted by atomic mass is 32.1. The van der Waals surface area contributed by atoms with Crippen LogP contribution in [0.25, 0.3) is 43.3 Å². The molecule has 5 nitrogen and oxygen atoms in total. The van der Waals surface area contributed by atoms with Crippen molar-refractivity contribution in [1.82, 2.24) is 25.4 Å². The van der Waals surface area contributed by atoms with E-state index in [2.05, 4.69) is 49.6 Å². The fraction of sp³-hybridized carbons (Fsp3) is 0.0476. The van der Waals surface area contributed by atoms with E-state index in [4.69, 9.17) is 0 Å². The first-order valence-corrected chi connectivity index (χ1v) is 9.41. The summed E-state index contributed by atoms with van der Waals surface area (Å²) in [7, 11) is 0. The number of hydrogen-bond acceptors (Lipinski definition) is 5. The molecule has 0 unspecified atom stereocenters. The Kier molecular flexibility index (Phi) is 3.76. The molecule has 0 bridgehead atoms. The van der Waals surface area contributed by atoms with Crippen LogP contribution in [0.1, 0.15) is 5.69 Å². The summed E-state index contributed by atoms with van der Waals surface area (Å²) in [5.41, 5.74) is 4.55. The van der Waals surface area contributed by atoms with Gasteiger partial charge in [-0.05, 0) is 37.3 Å². The van der Waals surface area contributed by atoms with Gasteiger partial charge in [-0.1, -0.05) is 30.3 Å². The Morgan fingerprint density at radius 2 is 1.56 bits per heavy atom. The quantitative estimate of drug-likeness (QED) is 0.479. The fourth-order valence-electron chi connectivity index (χ4n) is 3.16. The number of nitrogens with zero attached hydrogens (tertiary/aromatic N) is 4. The van der Waals surface area contributed by atoms with Crippen molar-refractivity contribution in [2.24, 2.45) is 0 Å². The average molecular weight is 369 g/mol. The van der Waals surface area contributed by atoms with Crippen molar-refractivity contribution >= 4 is 22.1 Å². The van der Waals surface area contributed by atoms with Gasteiger partial charge in [0, 0.05) is 22.7 Å². The van der Waals surface area contributed by atoms with Crippen LogP contribution in [0.3, 0.4) is 0 Å².